The van der Waals surface area contributed by atoms with Gasteiger partial charge in [0.1, 0.15) is 5.82 Å². The largest absolute Gasteiger partial charge is 0.398 e. The summed E-state index contributed by atoms with van der Waals surface area (Å²) in [5.41, 5.74) is 6.17. The molecule has 0 radical (unpaired) electrons. The zero-order valence-electron chi connectivity index (χ0n) is 8.34. The minimum atomic E-state index is -0.468. The van der Waals surface area contributed by atoms with Crippen LogP contribution in [0.25, 0.3) is 0 Å². The van der Waals surface area contributed by atoms with Gasteiger partial charge >= 0.3 is 0 Å². The Kier molecular flexibility index (Phi) is 4.70. The van der Waals surface area contributed by atoms with Crippen LogP contribution in [-0.4, -0.2) is 17.0 Å². The van der Waals surface area contributed by atoms with Gasteiger partial charge < -0.3 is 10.8 Å². The van der Waals surface area contributed by atoms with Gasteiger partial charge in [0, 0.05) is 22.4 Å². The zero-order chi connectivity index (χ0) is 11.4. The van der Waals surface area contributed by atoms with Crippen LogP contribution in [0.5, 0.6) is 0 Å². The molecule has 0 spiro atoms. The van der Waals surface area contributed by atoms with Crippen molar-refractivity contribution in [1.29, 1.82) is 0 Å². The summed E-state index contributed by atoms with van der Waals surface area (Å²) in [6.45, 7) is 2.07. The Morgan fingerprint density at radius 1 is 1.60 bits per heavy atom. The standard InChI is InChI=1S/C10H13ClFNOS/c1-6(2-3-14)15-10-5-8(12)7(11)4-9(10)13/h4-6,14H,2-3,13H2,1H3. The number of benzene rings is 1. The first-order valence-electron chi connectivity index (χ1n) is 4.56. The summed E-state index contributed by atoms with van der Waals surface area (Å²) in [7, 11) is 0. The van der Waals surface area contributed by atoms with Gasteiger partial charge in [-0.1, -0.05) is 18.5 Å². The van der Waals surface area contributed by atoms with E-state index in [1.54, 1.807) is 0 Å². The second-order valence-corrected chi connectivity index (χ2v) is 5.13. The number of aliphatic hydroxyl groups excluding tert-OH is 1. The van der Waals surface area contributed by atoms with E-state index in [1.807, 2.05) is 6.92 Å². The average molecular weight is 250 g/mol. The SMILES string of the molecule is CC(CCO)Sc1cc(F)c(Cl)cc1N. The molecule has 15 heavy (non-hydrogen) atoms. The van der Waals surface area contributed by atoms with Crippen LogP contribution in [0.4, 0.5) is 10.1 Å². The van der Waals surface area contributed by atoms with Crippen molar-refractivity contribution in [3.05, 3.63) is 23.0 Å². The zero-order valence-corrected chi connectivity index (χ0v) is 9.91. The summed E-state index contributed by atoms with van der Waals surface area (Å²) in [6, 6.07) is 2.74. The lowest BCUT2D eigenvalue weighted by molar-refractivity contribution is 0.289. The minimum Gasteiger partial charge on any atom is -0.398 e. The van der Waals surface area contributed by atoms with Crippen LogP contribution in [0, 0.1) is 5.82 Å². The molecule has 1 unspecified atom stereocenters. The summed E-state index contributed by atoms with van der Waals surface area (Å²) in [5, 5.41) is 8.97. The Labute approximate surface area is 97.6 Å². The van der Waals surface area contributed by atoms with Crippen molar-refractivity contribution in [2.45, 2.75) is 23.5 Å². The maximum absolute atomic E-state index is 13.1. The number of hydrogen-bond acceptors (Lipinski definition) is 3. The number of nitrogen functional groups attached to an aromatic ring is 1. The predicted octanol–water partition coefficient (Wildman–Crippen LogP) is 2.92. The van der Waals surface area contributed by atoms with E-state index in [9.17, 15) is 4.39 Å². The van der Waals surface area contributed by atoms with E-state index >= 15 is 0 Å². The molecule has 1 aromatic rings. The maximum atomic E-state index is 13.1. The highest BCUT2D eigenvalue weighted by atomic mass is 35.5. The summed E-state index contributed by atoms with van der Waals surface area (Å²) < 4.78 is 13.1. The normalized spacial score (nSPS) is 12.8. The monoisotopic (exact) mass is 249 g/mol. The molecule has 3 N–H and O–H groups in total. The molecule has 1 aromatic carbocycles. The van der Waals surface area contributed by atoms with Crippen molar-refractivity contribution in [1.82, 2.24) is 0 Å². The molecule has 0 aliphatic rings. The second kappa shape index (κ2) is 5.58. The Bertz CT molecular complexity index is 348. The third-order valence-corrected chi connectivity index (χ3v) is 3.45. The molecule has 2 nitrogen and oxygen atoms in total. The van der Waals surface area contributed by atoms with Gasteiger partial charge in [0.2, 0.25) is 0 Å². The third kappa shape index (κ3) is 3.55. The summed E-state index contributed by atoms with van der Waals surface area (Å²) in [5.74, 6) is -0.468. The van der Waals surface area contributed by atoms with Crippen LogP contribution < -0.4 is 5.73 Å². The maximum Gasteiger partial charge on any atom is 0.143 e. The van der Waals surface area contributed by atoms with E-state index < -0.39 is 5.82 Å². The minimum absolute atomic E-state index is 0.0339. The van der Waals surface area contributed by atoms with E-state index in [1.165, 1.54) is 23.9 Å². The summed E-state index contributed by atoms with van der Waals surface area (Å²) in [4.78, 5) is 0.665. The van der Waals surface area contributed by atoms with Crippen molar-refractivity contribution in [2.75, 3.05) is 12.3 Å². The van der Waals surface area contributed by atoms with Gasteiger partial charge in [-0.2, -0.15) is 0 Å². The van der Waals surface area contributed by atoms with Gasteiger partial charge in [-0.3, -0.25) is 0 Å². The van der Waals surface area contributed by atoms with Crippen molar-refractivity contribution in [2.24, 2.45) is 0 Å². The third-order valence-electron chi connectivity index (χ3n) is 1.92. The molecule has 84 valence electrons. The highest BCUT2D eigenvalue weighted by Gasteiger charge is 2.10. The van der Waals surface area contributed by atoms with E-state index in [0.717, 1.165) is 0 Å². The Balaban J connectivity index is 2.81. The van der Waals surface area contributed by atoms with Crippen LogP contribution >= 0.6 is 23.4 Å². The number of rotatable bonds is 4. The molecule has 5 heteroatoms. The van der Waals surface area contributed by atoms with Crippen molar-refractivity contribution >= 4 is 29.1 Å². The number of hydrogen-bond donors (Lipinski definition) is 2. The molecule has 0 saturated carbocycles. The number of nitrogens with two attached hydrogens (primary N) is 1. The topological polar surface area (TPSA) is 46.2 Å². The van der Waals surface area contributed by atoms with E-state index in [-0.39, 0.29) is 16.9 Å². The first-order chi connectivity index (χ1) is 7.04. The van der Waals surface area contributed by atoms with Gasteiger partial charge in [0.05, 0.1) is 5.02 Å². The smallest absolute Gasteiger partial charge is 0.143 e. The van der Waals surface area contributed by atoms with Crippen molar-refractivity contribution < 1.29 is 9.50 Å². The predicted molar refractivity (Wildman–Crippen MR) is 62.8 cm³/mol. The lowest BCUT2D eigenvalue weighted by atomic mass is 10.3. The molecule has 0 bridgehead atoms. The van der Waals surface area contributed by atoms with Gasteiger partial charge in [-0.05, 0) is 18.6 Å². The van der Waals surface area contributed by atoms with E-state index in [4.69, 9.17) is 22.4 Å². The van der Waals surface area contributed by atoms with Gasteiger partial charge in [0.25, 0.3) is 0 Å². The lowest BCUT2D eigenvalue weighted by Gasteiger charge is -2.11. The molecule has 1 atom stereocenters. The highest BCUT2D eigenvalue weighted by molar-refractivity contribution is 8.00. The number of aliphatic hydroxyl groups is 1. The van der Waals surface area contributed by atoms with Crippen LogP contribution in [0.3, 0.4) is 0 Å². The fraction of sp³-hybridized carbons (Fsp3) is 0.400. The van der Waals surface area contributed by atoms with E-state index in [0.29, 0.717) is 17.0 Å². The second-order valence-electron chi connectivity index (χ2n) is 3.24. The molecule has 0 aromatic heterocycles. The Hall–Kier alpha value is -0.450. The van der Waals surface area contributed by atoms with Crippen LogP contribution in [0.1, 0.15) is 13.3 Å². The van der Waals surface area contributed by atoms with Gasteiger partial charge in [-0.15, -0.1) is 11.8 Å². The fourth-order valence-electron chi connectivity index (χ4n) is 1.10. The highest BCUT2D eigenvalue weighted by Crippen LogP contribution is 2.33. The Morgan fingerprint density at radius 3 is 2.87 bits per heavy atom. The van der Waals surface area contributed by atoms with Crippen LogP contribution in [0.2, 0.25) is 5.02 Å². The molecule has 1 rings (SSSR count). The molecular weight excluding hydrogens is 237 g/mol. The van der Waals surface area contributed by atoms with Crippen LogP contribution in [-0.2, 0) is 0 Å². The van der Waals surface area contributed by atoms with Gasteiger partial charge in [0.15, 0.2) is 0 Å². The lowest BCUT2D eigenvalue weighted by Crippen LogP contribution is -2.01. The first kappa shape index (κ1) is 12.6. The van der Waals surface area contributed by atoms with Crippen LogP contribution in [0.15, 0.2) is 17.0 Å². The molecule has 0 aliphatic heterocycles. The average Bonchev–Trinajstić information content (AvgIpc) is 2.14. The number of anilines is 1. The molecule has 0 heterocycles. The first-order valence-corrected chi connectivity index (χ1v) is 5.82. The molecule has 0 aliphatic carbocycles. The summed E-state index contributed by atoms with van der Waals surface area (Å²) in [6.07, 6.45) is 0.647. The number of halogens is 2. The van der Waals surface area contributed by atoms with Gasteiger partial charge in [-0.25, -0.2) is 4.39 Å². The Morgan fingerprint density at radius 2 is 2.27 bits per heavy atom. The molecule has 0 fully saturated rings. The number of thioether (sulfide) groups is 1. The molecular formula is C10H13ClFNOS. The molecule has 0 saturated heterocycles. The fourth-order valence-corrected chi connectivity index (χ4v) is 2.30. The van der Waals surface area contributed by atoms with Crippen molar-refractivity contribution in [3.63, 3.8) is 0 Å². The van der Waals surface area contributed by atoms with Crippen molar-refractivity contribution in [3.8, 4) is 0 Å². The summed E-state index contributed by atoms with van der Waals surface area (Å²) >= 11 is 7.01. The molecule has 0 amide bonds. The van der Waals surface area contributed by atoms with E-state index in [2.05, 4.69) is 0 Å². The quantitative estimate of drug-likeness (QED) is 0.637.